The maximum atomic E-state index is 12.6. The van der Waals surface area contributed by atoms with Gasteiger partial charge in [-0.2, -0.15) is 13.2 Å². The monoisotopic (exact) mass is 306 g/mol. The Morgan fingerprint density at radius 3 is 2.33 bits per heavy atom. The zero-order chi connectivity index (χ0) is 16.2. The van der Waals surface area contributed by atoms with Gasteiger partial charge >= 0.3 is 6.18 Å². The van der Waals surface area contributed by atoms with Gasteiger partial charge in [0, 0.05) is 24.2 Å². The minimum atomic E-state index is -4.20. The fraction of sp³-hybridized carbons (Fsp3) is 0.733. The predicted octanol–water partition coefficient (Wildman–Crippen LogP) is 3.86. The van der Waals surface area contributed by atoms with Crippen LogP contribution in [0.1, 0.15) is 44.8 Å². The number of rotatable bonds is 7. The summed E-state index contributed by atoms with van der Waals surface area (Å²) in [6.07, 6.45) is -4.20. The lowest BCUT2D eigenvalue weighted by Gasteiger charge is -2.26. The summed E-state index contributed by atoms with van der Waals surface area (Å²) in [5, 5.41) is 3.28. The third-order valence-corrected chi connectivity index (χ3v) is 3.24. The lowest BCUT2D eigenvalue weighted by atomic mass is 10.2. The molecule has 1 N–H and O–H groups in total. The highest BCUT2D eigenvalue weighted by atomic mass is 19.4. The molecule has 0 fully saturated rings. The van der Waals surface area contributed by atoms with Crippen LogP contribution in [-0.4, -0.2) is 29.7 Å². The van der Waals surface area contributed by atoms with Crippen molar-refractivity contribution in [3.63, 3.8) is 0 Å². The molecule has 0 amide bonds. The summed E-state index contributed by atoms with van der Waals surface area (Å²) in [6.45, 7) is 9.33. The molecular weight excluding hydrogens is 281 g/mol. The zero-order valence-electron chi connectivity index (χ0n) is 13.3. The van der Waals surface area contributed by atoms with E-state index < -0.39 is 12.7 Å². The number of alkyl halides is 3. The topological polar surface area (TPSA) is 28.4 Å². The summed E-state index contributed by atoms with van der Waals surface area (Å²) < 4.78 is 43.3. The molecule has 0 saturated carbocycles. The Morgan fingerprint density at radius 1 is 1.24 bits per heavy atom. The molecule has 0 bridgehead atoms. The van der Waals surface area contributed by atoms with Crippen molar-refractivity contribution >= 4 is 0 Å². The van der Waals surface area contributed by atoms with E-state index in [1.54, 1.807) is 13.8 Å². The first-order valence-corrected chi connectivity index (χ1v) is 7.21. The zero-order valence-corrected chi connectivity index (χ0v) is 13.3. The molecule has 0 aliphatic rings. The van der Waals surface area contributed by atoms with Crippen LogP contribution in [0.3, 0.4) is 0 Å². The van der Waals surface area contributed by atoms with E-state index in [1.165, 1.54) is 4.90 Å². The predicted molar refractivity (Wildman–Crippen MR) is 77.0 cm³/mol. The number of halogens is 3. The number of hydrogen-bond donors (Lipinski definition) is 1. The van der Waals surface area contributed by atoms with Crippen molar-refractivity contribution in [3.8, 4) is 0 Å². The van der Waals surface area contributed by atoms with Crippen LogP contribution in [0.15, 0.2) is 10.5 Å². The van der Waals surface area contributed by atoms with Crippen LogP contribution < -0.4 is 5.32 Å². The molecular formula is C15H25F3N2O. The highest BCUT2D eigenvalue weighted by Crippen LogP contribution is 2.22. The molecule has 1 aromatic heterocycles. The van der Waals surface area contributed by atoms with Crippen molar-refractivity contribution < 1.29 is 17.6 Å². The van der Waals surface area contributed by atoms with E-state index in [0.29, 0.717) is 18.3 Å². The number of furan rings is 1. The van der Waals surface area contributed by atoms with Crippen molar-refractivity contribution in [2.24, 2.45) is 0 Å². The Labute approximate surface area is 124 Å². The fourth-order valence-electron chi connectivity index (χ4n) is 2.01. The fourth-order valence-corrected chi connectivity index (χ4v) is 2.01. The largest absolute Gasteiger partial charge is 0.465 e. The second kappa shape index (κ2) is 7.31. The van der Waals surface area contributed by atoms with Gasteiger partial charge in [-0.1, -0.05) is 13.8 Å². The minimum Gasteiger partial charge on any atom is -0.465 e. The van der Waals surface area contributed by atoms with E-state index in [2.05, 4.69) is 5.32 Å². The quantitative estimate of drug-likeness (QED) is 0.829. The van der Waals surface area contributed by atoms with Crippen LogP contribution in [0.5, 0.6) is 0 Å². The maximum absolute atomic E-state index is 12.6. The summed E-state index contributed by atoms with van der Waals surface area (Å²) in [7, 11) is 0. The van der Waals surface area contributed by atoms with Crippen LogP contribution in [-0.2, 0) is 13.1 Å². The summed E-state index contributed by atoms with van der Waals surface area (Å²) in [6, 6.07) is 1.99. The molecule has 0 unspecified atom stereocenters. The van der Waals surface area contributed by atoms with E-state index in [0.717, 1.165) is 11.3 Å². The molecule has 122 valence electrons. The second-order valence-corrected chi connectivity index (χ2v) is 5.94. The molecule has 1 heterocycles. The van der Waals surface area contributed by atoms with Crippen LogP contribution in [0, 0.1) is 6.92 Å². The third kappa shape index (κ3) is 6.52. The van der Waals surface area contributed by atoms with Crippen molar-refractivity contribution in [1.82, 2.24) is 10.2 Å². The summed E-state index contributed by atoms with van der Waals surface area (Å²) in [5.74, 6) is 1.33. The molecule has 0 spiro atoms. The number of nitrogens with zero attached hydrogens (tertiary/aromatic N) is 1. The normalized spacial score (nSPS) is 12.9. The maximum Gasteiger partial charge on any atom is 0.401 e. The van der Waals surface area contributed by atoms with E-state index in [4.69, 9.17) is 4.42 Å². The van der Waals surface area contributed by atoms with E-state index in [1.807, 2.05) is 26.8 Å². The minimum absolute atomic E-state index is 0.166. The standard InChI is InChI=1S/C15H25F3N2O/c1-10(2)19-7-13-6-14(21-12(13)5)8-20(11(3)4)9-15(16,17)18/h6,10-11,19H,7-9H2,1-5H3. The van der Waals surface area contributed by atoms with Gasteiger partial charge in [-0.15, -0.1) is 0 Å². The van der Waals surface area contributed by atoms with Gasteiger partial charge in [0.2, 0.25) is 0 Å². The highest BCUT2D eigenvalue weighted by molar-refractivity contribution is 5.20. The summed E-state index contributed by atoms with van der Waals surface area (Å²) in [4.78, 5) is 1.36. The average Bonchev–Trinajstić information content (AvgIpc) is 2.64. The smallest absolute Gasteiger partial charge is 0.401 e. The number of nitrogens with one attached hydrogen (secondary N) is 1. The first-order chi connectivity index (χ1) is 9.58. The van der Waals surface area contributed by atoms with E-state index >= 15 is 0 Å². The molecule has 0 saturated heterocycles. The average molecular weight is 306 g/mol. The Bertz CT molecular complexity index is 439. The van der Waals surface area contributed by atoms with E-state index in [-0.39, 0.29) is 12.6 Å². The van der Waals surface area contributed by atoms with Crippen molar-refractivity contribution in [1.29, 1.82) is 0 Å². The Morgan fingerprint density at radius 2 is 1.86 bits per heavy atom. The van der Waals surface area contributed by atoms with Gasteiger partial charge in [0.25, 0.3) is 0 Å². The van der Waals surface area contributed by atoms with Gasteiger partial charge in [0.1, 0.15) is 11.5 Å². The molecule has 0 aliphatic carbocycles. The molecule has 0 aromatic carbocycles. The molecule has 6 heteroatoms. The molecule has 0 aliphatic heterocycles. The molecule has 3 nitrogen and oxygen atoms in total. The van der Waals surface area contributed by atoms with Crippen molar-refractivity contribution in [3.05, 3.63) is 23.2 Å². The molecule has 21 heavy (non-hydrogen) atoms. The van der Waals surface area contributed by atoms with Gasteiger partial charge in [0.05, 0.1) is 13.1 Å². The lowest BCUT2D eigenvalue weighted by Crippen LogP contribution is -2.38. The van der Waals surface area contributed by atoms with Crippen molar-refractivity contribution in [2.45, 2.75) is 66.0 Å². The van der Waals surface area contributed by atoms with Gasteiger partial charge in [0.15, 0.2) is 0 Å². The summed E-state index contributed by atoms with van der Waals surface area (Å²) in [5.41, 5.74) is 0.995. The highest BCUT2D eigenvalue weighted by Gasteiger charge is 2.32. The van der Waals surface area contributed by atoms with Gasteiger partial charge in [-0.3, -0.25) is 4.90 Å². The van der Waals surface area contributed by atoms with Crippen molar-refractivity contribution in [2.75, 3.05) is 6.54 Å². The number of hydrogen-bond acceptors (Lipinski definition) is 3. The van der Waals surface area contributed by atoms with Gasteiger partial charge in [-0.25, -0.2) is 0 Å². The Hall–Kier alpha value is -1.01. The molecule has 1 aromatic rings. The first-order valence-electron chi connectivity index (χ1n) is 7.21. The van der Waals surface area contributed by atoms with Gasteiger partial charge in [-0.05, 0) is 26.8 Å². The van der Waals surface area contributed by atoms with E-state index in [9.17, 15) is 13.2 Å². The van der Waals surface area contributed by atoms with Crippen LogP contribution in [0.25, 0.3) is 0 Å². The molecule has 1 rings (SSSR count). The number of aryl methyl sites for hydroxylation is 1. The van der Waals surface area contributed by atoms with Crippen LogP contribution >= 0.6 is 0 Å². The third-order valence-electron chi connectivity index (χ3n) is 3.24. The summed E-state index contributed by atoms with van der Waals surface area (Å²) >= 11 is 0. The SMILES string of the molecule is Cc1oc(CN(CC(F)(F)F)C(C)C)cc1CNC(C)C. The first kappa shape index (κ1) is 18.0. The van der Waals surface area contributed by atoms with Crippen LogP contribution in [0.4, 0.5) is 13.2 Å². The molecule has 0 radical (unpaired) electrons. The van der Waals surface area contributed by atoms with Gasteiger partial charge < -0.3 is 9.73 Å². The molecule has 0 atom stereocenters. The Balaban J connectivity index is 2.74. The second-order valence-electron chi connectivity index (χ2n) is 5.94. The lowest BCUT2D eigenvalue weighted by molar-refractivity contribution is -0.151. The Kier molecular flexibility index (Phi) is 6.28. The van der Waals surface area contributed by atoms with Crippen LogP contribution in [0.2, 0.25) is 0 Å².